The van der Waals surface area contributed by atoms with Gasteiger partial charge in [-0.15, -0.1) is 0 Å². The normalized spacial score (nSPS) is 21.0. The molecule has 0 bridgehead atoms. The van der Waals surface area contributed by atoms with Crippen LogP contribution in [0.3, 0.4) is 0 Å². The van der Waals surface area contributed by atoms with Crippen LogP contribution in [-0.2, 0) is 19.5 Å². The van der Waals surface area contributed by atoms with Crippen LogP contribution in [0, 0.1) is 6.92 Å². The van der Waals surface area contributed by atoms with Crippen molar-refractivity contribution in [2.75, 3.05) is 19.8 Å². The summed E-state index contributed by atoms with van der Waals surface area (Å²) in [6, 6.07) is 6.86. The van der Waals surface area contributed by atoms with E-state index in [1.165, 1.54) is 10.6 Å². The van der Waals surface area contributed by atoms with Crippen LogP contribution in [0.1, 0.15) is 18.4 Å². The van der Waals surface area contributed by atoms with Crippen LogP contribution in [0.4, 0.5) is 0 Å². The predicted molar refractivity (Wildman–Crippen MR) is 80.2 cm³/mol. The molecular formula is C15H21NO4S. The molecule has 0 amide bonds. The zero-order chi connectivity index (χ0) is 15.3. The molecule has 1 heterocycles. The third-order valence-electron chi connectivity index (χ3n) is 3.24. The Morgan fingerprint density at radius 2 is 1.95 bits per heavy atom. The second kappa shape index (κ2) is 7.06. The SMILES string of the molecule is C=COCCCCOC1CN1S(=O)(=O)c1ccc(C)cc1. The Morgan fingerprint density at radius 3 is 2.62 bits per heavy atom. The van der Waals surface area contributed by atoms with Crippen molar-refractivity contribution in [2.45, 2.75) is 30.9 Å². The average Bonchev–Trinajstić information content (AvgIpc) is 3.23. The van der Waals surface area contributed by atoms with Crippen molar-refractivity contribution in [3.8, 4) is 0 Å². The Morgan fingerprint density at radius 1 is 1.29 bits per heavy atom. The van der Waals surface area contributed by atoms with Crippen molar-refractivity contribution >= 4 is 10.0 Å². The lowest BCUT2D eigenvalue weighted by Gasteiger charge is -2.07. The van der Waals surface area contributed by atoms with Gasteiger partial charge in [0.05, 0.1) is 24.3 Å². The quantitative estimate of drug-likeness (QED) is 0.399. The Labute approximate surface area is 126 Å². The van der Waals surface area contributed by atoms with Gasteiger partial charge < -0.3 is 9.47 Å². The third kappa shape index (κ3) is 4.30. The summed E-state index contributed by atoms with van der Waals surface area (Å²) < 4.78 is 36.5. The zero-order valence-electron chi connectivity index (χ0n) is 12.2. The Balaban J connectivity index is 1.77. The Kier molecular flexibility index (Phi) is 5.39. The molecule has 6 heteroatoms. The van der Waals surface area contributed by atoms with Gasteiger partial charge in [-0.1, -0.05) is 24.3 Å². The van der Waals surface area contributed by atoms with E-state index in [4.69, 9.17) is 9.47 Å². The fourth-order valence-electron chi connectivity index (χ4n) is 1.93. The van der Waals surface area contributed by atoms with Gasteiger partial charge in [0.25, 0.3) is 0 Å². The van der Waals surface area contributed by atoms with Crippen LogP contribution in [-0.4, -0.2) is 38.7 Å². The van der Waals surface area contributed by atoms with E-state index >= 15 is 0 Å². The maximum atomic E-state index is 12.3. The van der Waals surface area contributed by atoms with Gasteiger partial charge in [0, 0.05) is 6.61 Å². The topological polar surface area (TPSA) is 55.6 Å². The highest BCUT2D eigenvalue weighted by Gasteiger charge is 2.45. The molecule has 1 fully saturated rings. The van der Waals surface area contributed by atoms with Crippen molar-refractivity contribution in [1.29, 1.82) is 0 Å². The van der Waals surface area contributed by atoms with Crippen molar-refractivity contribution in [2.24, 2.45) is 0 Å². The van der Waals surface area contributed by atoms with Gasteiger partial charge >= 0.3 is 0 Å². The molecule has 21 heavy (non-hydrogen) atoms. The van der Waals surface area contributed by atoms with Crippen LogP contribution < -0.4 is 0 Å². The first-order valence-electron chi connectivity index (χ1n) is 6.98. The molecule has 1 aromatic rings. The fraction of sp³-hybridized carbons (Fsp3) is 0.467. The number of benzene rings is 1. The first kappa shape index (κ1) is 16.0. The number of sulfonamides is 1. The minimum absolute atomic E-state index is 0.318. The lowest BCUT2D eigenvalue weighted by Crippen LogP contribution is -2.16. The highest BCUT2D eigenvalue weighted by atomic mass is 32.2. The van der Waals surface area contributed by atoms with Gasteiger partial charge in [0.1, 0.15) is 6.23 Å². The number of hydrogen-bond acceptors (Lipinski definition) is 4. The number of unbranched alkanes of at least 4 members (excludes halogenated alkanes) is 1. The minimum Gasteiger partial charge on any atom is -0.502 e. The van der Waals surface area contributed by atoms with E-state index in [0.717, 1.165) is 18.4 Å². The van der Waals surface area contributed by atoms with Gasteiger partial charge in [-0.3, -0.25) is 0 Å². The smallest absolute Gasteiger partial charge is 0.245 e. The molecule has 1 aliphatic heterocycles. The third-order valence-corrected chi connectivity index (χ3v) is 5.11. The van der Waals surface area contributed by atoms with Gasteiger partial charge in [0.15, 0.2) is 0 Å². The van der Waals surface area contributed by atoms with E-state index in [2.05, 4.69) is 6.58 Å². The Hall–Kier alpha value is -1.37. The molecule has 0 saturated carbocycles. The van der Waals surface area contributed by atoms with E-state index in [-0.39, 0.29) is 6.23 Å². The largest absolute Gasteiger partial charge is 0.502 e. The molecule has 116 valence electrons. The van der Waals surface area contributed by atoms with Crippen LogP contribution >= 0.6 is 0 Å². The molecule has 2 unspecified atom stereocenters. The molecule has 2 rings (SSSR count). The van der Waals surface area contributed by atoms with Gasteiger partial charge in [0.2, 0.25) is 10.0 Å². The first-order chi connectivity index (χ1) is 10.1. The van der Waals surface area contributed by atoms with Crippen LogP contribution in [0.5, 0.6) is 0 Å². The van der Waals surface area contributed by atoms with Crippen LogP contribution in [0.25, 0.3) is 0 Å². The highest BCUT2D eigenvalue weighted by molar-refractivity contribution is 7.89. The second-order valence-corrected chi connectivity index (χ2v) is 6.85. The number of rotatable bonds is 9. The average molecular weight is 311 g/mol. The molecule has 2 atom stereocenters. The molecule has 0 spiro atoms. The Bertz CT molecular complexity index is 568. The van der Waals surface area contributed by atoms with Crippen LogP contribution in [0.2, 0.25) is 0 Å². The van der Waals surface area contributed by atoms with E-state index in [9.17, 15) is 8.42 Å². The lowest BCUT2D eigenvalue weighted by molar-refractivity contribution is 0.0925. The van der Waals surface area contributed by atoms with Gasteiger partial charge in [-0.2, -0.15) is 4.31 Å². The van der Waals surface area contributed by atoms with E-state index in [1.54, 1.807) is 24.3 Å². The molecule has 0 N–H and O–H groups in total. The van der Waals surface area contributed by atoms with Gasteiger partial charge in [-0.25, -0.2) is 8.42 Å². The molecule has 1 aromatic carbocycles. The fourth-order valence-corrected chi connectivity index (χ4v) is 3.38. The maximum Gasteiger partial charge on any atom is 0.245 e. The van der Waals surface area contributed by atoms with Gasteiger partial charge in [-0.05, 0) is 31.9 Å². The summed E-state index contributed by atoms with van der Waals surface area (Å²) in [5, 5.41) is 0. The highest BCUT2D eigenvalue weighted by Crippen LogP contribution is 2.29. The monoisotopic (exact) mass is 311 g/mol. The van der Waals surface area contributed by atoms with Crippen molar-refractivity contribution in [3.05, 3.63) is 42.7 Å². The molecule has 1 aliphatic rings. The number of nitrogens with zero attached hydrogens (tertiary/aromatic N) is 1. The summed E-state index contributed by atoms with van der Waals surface area (Å²) in [6.45, 7) is 6.96. The lowest BCUT2D eigenvalue weighted by atomic mass is 10.2. The van der Waals surface area contributed by atoms with E-state index in [1.807, 2.05) is 6.92 Å². The van der Waals surface area contributed by atoms with Crippen molar-refractivity contribution < 1.29 is 17.9 Å². The molecule has 5 nitrogen and oxygen atoms in total. The summed E-state index contributed by atoms with van der Waals surface area (Å²) >= 11 is 0. The molecule has 0 aromatic heterocycles. The standard InChI is InChI=1S/C15H21NO4S/c1-3-19-10-4-5-11-20-15-12-16(15)21(17,18)14-8-6-13(2)7-9-14/h3,6-9,15H,1,4-5,10-12H2,2H3. The molecular weight excluding hydrogens is 290 g/mol. The first-order valence-corrected chi connectivity index (χ1v) is 8.42. The number of hydrogen-bond donors (Lipinski definition) is 0. The molecule has 0 radical (unpaired) electrons. The zero-order valence-corrected chi connectivity index (χ0v) is 13.0. The van der Waals surface area contributed by atoms with E-state index in [0.29, 0.717) is 24.7 Å². The predicted octanol–water partition coefficient (Wildman–Crippen LogP) is 2.28. The summed E-state index contributed by atoms with van der Waals surface area (Å²) in [7, 11) is -3.41. The second-order valence-electron chi connectivity index (χ2n) is 4.96. The molecule has 1 saturated heterocycles. The van der Waals surface area contributed by atoms with E-state index < -0.39 is 10.0 Å². The minimum atomic E-state index is -3.41. The summed E-state index contributed by atoms with van der Waals surface area (Å²) in [5.41, 5.74) is 1.04. The summed E-state index contributed by atoms with van der Waals surface area (Å²) in [6.07, 6.45) is 2.79. The summed E-state index contributed by atoms with van der Waals surface area (Å²) in [5.74, 6) is 0. The maximum absolute atomic E-state index is 12.3. The van der Waals surface area contributed by atoms with Crippen LogP contribution in [0.15, 0.2) is 42.0 Å². The van der Waals surface area contributed by atoms with Crippen molar-refractivity contribution in [3.63, 3.8) is 0 Å². The van der Waals surface area contributed by atoms with Crippen molar-refractivity contribution in [1.82, 2.24) is 4.31 Å². The molecule has 0 aliphatic carbocycles. The number of aryl methyl sites for hydroxylation is 1. The summed E-state index contributed by atoms with van der Waals surface area (Å²) in [4.78, 5) is 0.318. The number of ether oxygens (including phenoxy) is 2.